The minimum absolute atomic E-state index is 0.206. The molecule has 7 nitrogen and oxygen atoms in total. The maximum atomic E-state index is 15.0. The Kier molecular flexibility index (Phi) is 8.53. The molecule has 0 amide bonds. The summed E-state index contributed by atoms with van der Waals surface area (Å²) >= 11 is 12.4. The number of ether oxygens (including phenoxy) is 2. The average Bonchev–Trinajstić information content (AvgIpc) is 2.86. The Morgan fingerprint density at radius 3 is 2.58 bits per heavy atom. The number of allylic oxidation sites excluding steroid dienone is 1. The quantitative estimate of drug-likeness (QED) is 0.286. The number of nitrogen functional groups attached to an aromatic ring is 1. The van der Waals surface area contributed by atoms with Crippen LogP contribution in [0.4, 0.5) is 10.1 Å². The third-order valence-electron chi connectivity index (χ3n) is 5.77. The normalized spacial score (nSPS) is 15.5. The smallest absolute Gasteiger partial charge is 0.149 e. The molecule has 10 heteroatoms. The summed E-state index contributed by atoms with van der Waals surface area (Å²) in [7, 11) is 0. The first kappa shape index (κ1) is 26.0. The fraction of sp³-hybridized carbons (Fsp3) is 0.269. The minimum atomic E-state index is -0.741. The zero-order chi connectivity index (χ0) is 25.7. The van der Waals surface area contributed by atoms with Crippen molar-refractivity contribution < 1.29 is 13.9 Å². The summed E-state index contributed by atoms with van der Waals surface area (Å²) in [5.74, 6) is -0.350. The molecule has 3 aromatic rings. The van der Waals surface area contributed by atoms with Gasteiger partial charge < -0.3 is 15.2 Å². The zero-order valence-corrected chi connectivity index (χ0v) is 21.2. The highest BCUT2D eigenvalue weighted by atomic mass is 35.5. The van der Waals surface area contributed by atoms with Crippen LogP contribution < -0.4 is 10.5 Å². The van der Waals surface area contributed by atoms with Crippen molar-refractivity contribution in [2.45, 2.75) is 19.6 Å². The number of nitrogens with one attached hydrogen (secondary N) is 1. The number of halogens is 3. The van der Waals surface area contributed by atoms with Crippen LogP contribution in [0.15, 0.2) is 54.7 Å². The van der Waals surface area contributed by atoms with E-state index in [9.17, 15) is 0 Å². The molecule has 0 saturated carbocycles. The van der Waals surface area contributed by atoms with Gasteiger partial charge in [0.15, 0.2) is 0 Å². The standard InChI is InChI=1S/C26H26Cl2FN5O2/c1-16(25-21(27)13-32-14-22(25)28)36-19-4-5-24(30)20(11-19)26(31)23(29)10-17-2-3-18(33-12-17)15-34-6-8-35-9-7-34/h2-5,10-14,16,31H,6-9,15,30H2,1H3/b23-10+,31-26?/t16-/m1/s1. The molecular formula is C26H26Cl2FN5O2. The molecule has 1 saturated heterocycles. The molecule has 1 atom stereocenters. The highest BCUT2D eigenvalue weighted by Crippen LogP contribution is 2.33. The number of benzene rings is 1. The summed E-state index contributed by atoms with van der Waals surface area (Å²) in [5, 5.41) is 9.13. The molecule has 0 aliphatic carbocycles. The molecule has 2 aromatic heterocycles. The van der Waals surface area contributed by atoms with Crippen molar-refractivity contribution in [1.29, 1.82) is 5.41 Å². The van der Waals surface area contributed by atoms with Gasteiger partial charge in [0.25, 0.3) is 0 Å². The first-order valence-corrected chi connectivity index (χ1v) is 12.1. The molecule has 0 bridgehead atoms. The molecule has 0 spiro atoms. The highest BCUT2D eigenvalue weighted by molar-refractivity contribution is 6.35. The van der Waals surface area contributed by atoms with Crippen molar-refractivity contribution in [2.24, 2.45) is 0 Å². The van der Waals surface area contributed by atoms with E-state index in [2.05, 4.69) is 14.9 Å². The molecule has 1 aliphatic heterocycles. The fourth-order valence-electron chi connectivity index (χ4n) is 3.85. The molecule has 0 unspecified atom stereocenters. The van der Waals surface area contributed by atoms with Crippen LogP contribution >= 0.6 is 23.2 Å². The average molecular weight is 530 g/mol. The first-order valence-electron chi connectivity index (χ1n) is 11.4. The van der Waals surface area contributed by atoms with E-state index in [1.807, 2.05) is 6.07 Å². The van der Waals surface area contributed by atoms with Crippen molar-refractivity contribution in [1.82, 2.24) is 14.9 Å². The maximum absolute atomic E-state index is 15.0. The SMILES string of the molecule is C[C@@H](Oc1ccc(N)c(C(=N)/C(F)=C\c2ccc(CN3CCOCC3)nc2)c1)c1c(Cl)cncc1Cl. The van der Waals surface area contributed by atoms with Gasteiger partial charge in [-0.25, -0.2) is 4.39 Å². The van der Waals surface area contributed by atoms with Crippen molar-refractivity contribution in [3.05, 3.63) is 87.2 Å². The Bertz CT molecular complexity index is 1240. The van der Waals surface area contributed by atoms with E-state index in [-0.39, 0.29) is 17.0 Å². The van der Waals surface area contributed by atoms with E-state index in [0.29, 0.717) is 46.7 Å². The van der Waals surface area contributed by atoms with Crippen LogP contribution in [0.5, 0.6) is 5.75 Å². The number of aromatic nitrogens is 2. The number of nitrogens with zero attached hydrogens (tertiary/aromatic N) is 3. The number of hydrogen-bond donors (Lipinski definition) is 2. The van der Waals surface area contributed by atoms with Gasteiger partial charge in [-0.05, 0) is 42.8 Å². The summed E-state index contributed by atoms with van der Waals surface area (Å²) in [4.78, 5) is 10.6. The molecule has 188 valence electrons. The molecule has 0 radical (unpaired) electrons. The monoisotopic (exact) mass is 529 g/mol. The Balaban J connectivity index is 1.47. The van der Waals surface area contributed by atoms with Gasteiger partial charge >= 0.3 is 0 Å². The number of morpholine rings is 1. The summed E-state index contributed by atoms with van der Waals surface area (Å²) < 4.78 is 26.4. The Morgan fingerprint density at radius 1 is 1.19 bits per heavy atom. The van der Waals surface area contributed by atoms with Gasteiger partial charge in [-0.3, -0.25) is 20.3 Å². The predicted octanol–water partition coefficient (Wildman–Crippen LogP) is 5.72. The van der Waals surface area contributed by atoms with Gasteiger partial charge in [0.2, 0.25) is 0 Å². The molecule has 3 N–H and O–H groups in total. The van der Waals surface area contributed by atoms with Crippen molar-refractivity contribution in [2.75, 3.05) is 32.0 Å². The van der Waals surface area contributed by atoms with Crippen molar-refractivity contribution in [3.63, 3.8) is 0 Å². The Morgan fingerprint density at radius 2 is 1.92 bits per heavy atom. The largest absolute Gasteiger partial charge is 0.486 e. The molecular weight excluding hydrogens is 504 g/mol. The molecule has 1 fully saturated rings. The van der Waals surface area contributed by atoms with E-state index in [4.69, 9.17) is 43.8 Å². The lowest BCUT2D eigenvalue weighted by Gasteiger charge is -2.26. The van der Waals surface area contributed by atoms with E-state index in [1.54, 1.807) is 31.3 Å². The van der Waals surface area contributed by atoms with Crippen LogP contribution in [0.1, 0.15) is 35.4 Å². The number of pyridine rings is 2. The number of rotatable bonds is 8. The van der Waals surface area contributed by atoms with E-state index >= 15 is 4.39 Å². The second-order valence-electron chi connectivity index (χ2n) is 8.36. The van der Waals surface area contributed by atoms with Crippen LogP contribution in [-0.4, -0.2) is 46.9 Å². The summed E-state index contributed by atoms with van der Waals surface area (Å²) in [5.41, 5.74) is 8.17. The van der Waals surface area contributed by atoms with Gasteiger partial charge in [0, 0.05) is 55.0 Å². The predicted molar refractivity (Wildman–Crippen MR) is 140 cm³/mol. The summed E-state index contributed by atoms with van der Waals surface area (Å²) in [6.07, 6.45) is 5.31. The zero-order valence-electron chi connectivity index (χ0n) is 19.7. The molecule has 36 heavy (non-hydrogen) atoms. The van der Waals surface area contributed by atoms with Gasteiger partial charge in [-0.15, -0.1) is 0 Å². The van der Waals surface area contributed by atoms with Gasteiger partial charge in [0.05, 0.1) is 34.7 Å². The van der Waals surface area contributed by atoms with Gasteiger partial charge in [-0.2, -0.15) is 0 Å². The second-order valence-corrected chi connectivity index (χ2v) is 9.18. The van der Waals surface area contributed by atoms with Crippen LogP contribution in [0.3, 0.4) is 0 Å². The van der Waals surface area contributed by atoms with Crippen LogP contribution in [0.2, 0.25) is 10.0 Å². The molecule has 4 rings (SSSR count). The van der Waals surface area contributed by atoms with E-state index in [1.165, 1.54) is 24.5 Å². The fourth-order valence-corrected chi connectivity index (χ4v) is 4.52. The molecule has 1 aliphatic rings. The van der Waals surface area contributed by atoms with E-state index in [0.717, 1.165) is 18.8 Å². The second kappa shape index (κ2) is 11.8. The minimum Gasteiger partial charge on any atom is -0.486 e. The van der Waals surface area contributed by atoms with Crippen molar-refractivity contribution >= 4 is 40.7 Å². The van der Waals surface area contributed by atoms with Crippen molar-refractivity contribution in [3.8, 4) is 5.75 Å². The Hall–Kier alpha value is -3.04. The summed E-state index contributed by atoms with van der Waals surface area (Å²) in [6.45, 7) is 5.65. The van der Waals surface area contributed by atoms with Gasteiger partial charge in [0.1, 0.15) is 17.7 Å². The lowest BCUT2D eigenvalue weighted by molar-refractivity contribution is 0.0336. The number of anilines is 1. The third kappa shape index (κ3) is 6.39. The van der Waals surface area contributed by atoms with Crippen LogP contribution in [0.25, 0.3) is 6.08 Å². The van der Waals surface area contributed by atoms with E-state index < -0.39 is 11.9 Å². The first-order chi connectivity index (χ1) is 17.3. The lowest BCUT2D eigenvalue weighted by Crippen LogP contribution is -2.35. The Labute approximate surface area is 219 Å². The highest BCUT2D eigenvalue weighted by Gasteiger charge is 2.18. The lowest BCUT2D eigenvalue weighted by atomic mass is 10.0. The van der Waals surface area contributed by atoms with Gasteiger partial charge in [-0.1, -0.05) is 29.3 Å². The molecule has 3 heterocycles. The van der Waals surface area contributed by atoms with Crippen LogP contribution in [-0.2, 0) is 11.3 Å². The number of nitrogens with two attached hydrogens (primary N) is 1. The third-order valence-corrected chi connectivity index (χ3v) is 6.38. The maximum Gasteiger partial charge on any atom is 0.149 e. The molecule has 1 aromatic carbocycles. The topological polar surface area (TPSA) is 97.4 Å². The van der Waals surface area contributed by atoms with Crippen LogP contribution in [0, 0.1) is 5.41 Å². The summed E-state index contributed by atoms with van der Waals surface area (Å²) in [6, 6.07) is 8.37. The number of hydrogen-bond acceptors (Lipinski definition) is 7.